The number of hydrogen-bond donors (Lipinski definition) is 0. The van der Waals surface area contributed by atoms with E-state index in [0.29, 0.717) is 6.07 Å². The van der Waals surface area contributed by atoms with Gasteiger partial charge in [0.05, 0.1) is 11.3 Å². The summed E-state index contributed by atoms with van der Waals surface area (Å²) in [6.07, 6.45) is -7.85. The highest BCUT2D eigenvalue weighted by Gasteiger charge is 2.33. The molecule has 0 aliphatic carbocycles. The van der Waals surface area contributed by atoms with Crippen LogP contribution in [0, 0.1) is 3.70 Å². The fourth-order valence-electron chi connectivity index (χ4n) is 0.984. The summed E-state index contributed by atoms with van der Waals surface area (Å²) in [6, 6.07) is 0.656. The molecule has 17 heavy (non-hydrogen) atoms. The number of pyridine rings is 1. The lowest BCUT2D eigenvalue weighted by Crippen LogP contribution is -2.19. The van der Waals surface area contributed by atoms with Gasteiger partial charge in [0.15, 0.2) is 5.75 Å². The molecule has 0 aliphatic heterocycles. The molecule has 0 atom stereocenters. The summed E-state index contributed by atoms with van der Waals surface area (Å²) in [6.45, 7) is 0. The molecule has 0 bridgehead atoms. The van der Waals surface area contributed by atoms with Crippen molar-refractivity contribution in [2.24, 2.45) is 0 Å². The predicted octanol–water partition coefficient (Wildman–Crippen LogP) is 4.42. The van der Waals surface area contributed by atoms with E-state index in [4.69, 9.17) is 0 Å². The van der Waals surface area contributed by atoms with Crippen LogP contribution >= 0.6 is 38.5 Å². The van der Waals surface area contributed by atoms with Gasteiger partial charge in [-0.3, -0.25) is 0 Å². The van der Waals surface area contributed by atoms with Gasteiger partial charge in [-0.05, 0) is 28.7 Å². The van der Waals surface area contributed by atoms with E-state index in [1.54, 1.807) is 0 Å². The molecular weight excluding hydrogens is 428 g/mol. The van der Waals surface area contributed by atoms with E-state index < -0.39 is 24.1 Å². The average molecular weight is 432 g/mol. The highest BCUT2D eigenvalue weighted by Crippen LogP contribution is 2.33. The zero-order chi connectivity index (χ0) is 13.2. The molecule has 96 valence electrons. The maximum atomic E-state index is 12.5. The number of alkyl halides is 6. The second kappa shape index (κ2) is 5.63. The molecule has 1 aromatic heterocycles. The molecule has 1 aromatic rings. The van der Waals surface area contributed by atoms with Crippen molar-refractivity contribution in [2.45, 2.75) is 18.1 Å². The third-order valence-electron chi connectivity index (χ3n) is 1.63. The Hall–Kier alpha value is -0.190. The van der Waals surface area contributed by atoms with E-state index in [1.165, 1.54) is 22.6 Å². The maximum Gasteiger partial charge on any atom is 0.573 e. The van der Waals surface area contributed by atoms with E-state index in [-0.39, 0.29) is 14.7 Å². The number of hydrogen-bond acceptors (Lipinski definition) is 2. The minimum Gasteiger partial charge on any atom is -0.404 e. The summed E-state index contributed by atoms with van der Waals surface area (Å²) in [4.78, 5) is 3.63. The number of ether oxygens (including phenoxy) is 1. The first kappa shape index (κ1) is 14.9. The van der Waals surface area contributed by atoms with Gasteiger partial charge in [0.2, 0.25) is 0 Å². The first-order valence-corrected chi connectivity index (χ1v) is 6.23. The second-order valence-electron chi connectivity index (χ2n) is 2.80. The zero-order valence-electron chi connectivity index (χ0n) is 7.86. The summed E-state index contributed by atoms with van der Waals surface area (Å²) < 4.78 is 64.7. The Morgan fingerprint density at radius 3 is 2.41 bits per heavy atom. The minimum atomic E-state index is -4.94. The van der Waals surface area contributed by atoms with Crippen LogP contribution in [0.25, 0.3) is 0 Å². The van der Waals surface area contributed by atoms with Crippen LogP contribution in [-0.2, 0) is 5.33 Å². The summed E-state index contributed by atoms with van der Waals surface area (Å²) in [5.41, 5.74) is -0.675. The molecule has 2 nitrogen and oxygen atoms in total. The molecule has 0 unspecified atom stereocenters. The Labute approximate surface area is 115 Å². The van der Waals surface area contributed by atoms with Crippen molar-refractivity contribution in [1.82, 2.24) is 4.98 Å². The van der Waals surface area contributed by atoms with Gasteiger partial charge in [-0.25, -0.2) is 13.8 Å². The number of rotatable bonds is 3. The van der Waals surface area contributed by atoms with Gasteiger partial charge in [-0.15, -0.1) is 13.2 Å². The van der Waals surface area contributed by atoms with Crippen LogP contribution in [-0.4, -0.2) is 11.3 Å². The van der Waals surface area contributed by atoms with E-state index in [0.717, 1.165) is 0 Å². The van der Waals surface area contributed by atoms with Crippen LogP contribution in [0.2, 0.25) is 0 Å². The molecule has 0 spiro atoms. The summed E-state index contributed by atoms with van der Waals surface area (Å²) >= 11 is 4.44. The van der Waals surface area contributed by atoms with E-state index >= 15 is 0 Å². The monoisotopic (exact) mass is 431 g/mol. The Kier molecular flexibility index (Phi) is 4.93. The van der Waals surface area contributed by atoms with Crippen molar-refractivity contribution >= 4 is 38.5 Å². The van der Waals surface area contributed by atoms with Crippen LogP contribution in [0.4, 0.5) is 22.0 Å². The molecule has 0 fully saturated rings. The number of nitrogens with zero attached hydrogens (tertiary/aromatic N) is 1. The largest absolute Gasteiger partial charge is 0.573 e. The molecule has 0 saturated carbocycles. The Morgan fingerprint density at radius 2 is 2.00 bits per heavy atom. The lowest BCUT2D eigenvalue weighted by molar-refractivity contribution is -0.275. The average Bonchev–Trinajstić information content (AvgIpc) is 2.17. The fraction of sp³-hybridized carbons (Fsp3) is 0.375. The van der Waals surface area contributed by atoms with Gasteiger partial charge in [-0.2, -0.15) is 0 Å². The van der Waals surface area contributed by atoms with Gasteiger partial charge in [0.1, 0.15) is 3.70 Å². The quantitative estimate of drug-likeness (QED) is 0.306. The van der Waals surface area contributed by atoms with Crippen molar-refractivity contribution in [3.63, 3.8) is 0 Å². The summed E-state index contributed by atoms with van der Waals surface area (Å²) in [5.74, 6) is -0.718. The van der Waals surface area contributed by atoms with Gasteiger partial charge < -0.3 is 4.74 Å². The van der Waals surface area contributed by atoms with E-state index in [9.17, 15) is 22.0 Å². The molecule has 1 rings (SSSR count). The molecule has 0 N–H and O–H groups in total. The predicted molar refractivity (Wildman–Crippen MR) is 61.2 cm³/mol. The first-order valence-electron chi connectivity index (χ1n) is 4.03. The molecule has 0 aliphatic rings. The summed E-state index contributed by atoms with van der Waals surface area (Å²) in [5, 5.41) is -0.0298. The van der Waals surface area contributed by atoms with Crippen molar-refractivity contribution in [3.8, 4) is 5.75 Å². The molecule has 0 saturated heterocycles. The zero-order valence-corrected chi connectivity index (χ0v) is 11.6. The third kappa shape index (κ3) is 4.19. The molecular formula is C8H4BrF5INO. The smallest absolute Gasteiger partial charge is 0.404 e. The minimum absolute atomic E-state index is 0.0298. The Bertz CT molecular complexity index is 412. The van der Waals surface area contributed by atoms with Crippen LogP contribution < -0.4 is 4.74 Å². The fourth-order valence-corrected chi connectivity index (χ4v) is 2.07. The lowest BCUT2D eigenvalue weighted by Gasteiger charge is -2.13. The van der Waals surface area contributed by atoms with Crippen molar-refractivity contribution in [1.29, 1.82) is 0 Å². The van der Waals surface area contributed by atoms with Crippen LogP contribution in [0.1, 0.15) is 17.7 Å². The van der Waals surface area contributed by atoms with E-state index in [2.05, 4.69) is 25.7 Å². The molecule has 0 radical (unpaired) electrons. The van der Waals surface area contributed by atoms with Gasteiger partial charge in [0, 0.05) is 5.33 Å². The van der Waals surface area contributed by atoms with E-state index in [1.807, 2.05) is 0 Å². The third-order valence-corrected chi connectivity index (χ3v) is 3.02. The molecule has 0 aromatic carbocycles. The van der Waals surface area contributed by atoms with Gasteiger partial charge >= 0.3 is 6.36 Å². The van der Waals surface area contributed by atoms with Crippen LogP contribution in [0.5, 0.6) is 5.75 Å². The molecule has 9 heteroatoms. The topological polar surface area (TPSA) is 22.1 Å². The molecule has 0 amide bonds. The van der Waals surface area contributed by atoms with Gasteiger partial charge in [-0.1, -0.05) is 15.9 Å². The Balaban J connectivity index is 3.22. The standard InChI is InChI=1S/C8H4BrF5INO/c9-2-4-5(17-8(12,13)14)1-3(6(10)11)7(15)16-4/h1,6H,2H2. The van der Waals surface area contributed by atoms with Crippen LogP contribution in [0.3, 0.4) is 0 Å². The second-order valence-corrected chi connectivity index (χ2v) is 4.38. The highest BCUT2D eigenvalue weighted by molar-refractivity contribution is 14.1. The summed E-state index contributed by atoms with van der Waals surface area (Å²) in [7, 11) is 0. The number of aromatic nitrogens is 1. The Morgan fingerprint density at radius 1 is 1.41 bits per heavy atom. The van der Waals surface area contributed by atoms with Crippen molar-refractivity contribution in [3.05, 3.63) is 21.0 Å². The molecule has 1 heterocycles. The van der Waals surface area contributed by atoms with Crippen LogP contribution in [0.15, 0.2) is 6.07 Å². The maximum absolute atomic E-state index is 12.5. The normalized spacial score (nSPS) is 12.0. The number of halogens is 7. The highest BCUT2D eigenvalue weighted by atomic mass is 127. The first-order chi connectivity index (χ1) is 7.74. The van der Waals surface area contributed by atoms with Crippen molar-refractivity contribution in [2.75, 3.05) is 0 Å². The SMILES string of the molecule is FC(F)c1cc(OC(F)(F)F)c(CBr)nc1I. The van der Waals surface area contributed by atoms with Crippen molar-refractivity contribution < 1.29 is 26.7 Å². The lowest BCUT2D eigenvalue weighted by atomic mass is 10.2. The van der Waals surface area contributed by atoms with Gasteiger partial charge in [0.25, 0.3) is 6.43 Å².